The van der Waals surface area contributed by atoms with Crippen molar-refractivity contribution in [2.45, 2.75) is 27.7 Å². The van der Waals surface area contributed by atoms with E-state index in [1.165, 1.54) is 22.3 Å². The number of aryl methyl sites for hydroxylation is 4. The molecule has 0 saturated heterocycles. The van der Waals surface area contributed by atoms with Crippen molar-refractivity contribution in [1.29, 1.82) is 0 Å². The molecule has 10 heterocycles. The molecule has 0 radical (unpaired) electrons. The Balaban J connectivity index is 1.17. The van der Waals surface area contributed by atoms with Crippen LogP contribution in [0.4, 0.5) is 0 Å². The highest BCUT2D eigenvalue weighted by Crippen LogP contribution is 2.42. The Hall–Kier alpha value is -9.92. The lowest BCUT2D eigenvalue weighted by Crippen LogP contribution is -1.92. The molecule has 4 aliphatic rings. The van der Waals surface area contributed by atoms with Crippen LogP contribution in [0.25, 0.3) is 148 Å². The second-order valence-corrected chi connectivity index (χ2v) is 20.2. The van der Waals surface area contributed by atoms with E-state index in [0.29, 0.717) is 0 Å². The van der Waals surface area contributed by atoms with Crippen molar-refractivity contribution in [3.63, 3.8) is 0 Å². The summed E-state index contributed by atoms with van der Waals surface area (Å²) in [6, 6.07) is 56.2. The molecule has 0 fully saturated rings. The third kappa shape index (κ3) is 8.04. The molecule has 0 saturated carbocycles. The van der Waals surface area contributed by atoms with Crippen LogP contribution in [-0.4, -0.2) is 39.9 Å². The summed E-state index contributed by atoms with van der Waals surface area (Å²) in [7, 11) is 0. The first-order valence-electron chi connectivity index (χ1n) is 25.8. The van der Waals surface area contributed by atoms with Crippen molar-refractivity contribution in [2.24, 2.45) is 0 Å². The van der Waals surface area contributed by atoms with Crippen molar-refractivity contribution in [3.05, 3.63) is 226 Å². The van der Waals surface area contributed by atoms with E-state index in [4.69, 9.17) is 19.9 Å². The molecule has 4 aliphatic heterocycles. The Kier molecular flexibility index (Phi) is 10.6. The van der Waals surface area contributed by atoms with Gasteiger partial charge in [0.2, 0.25) is 0 Å². The summed E-state index contributed by atoms with van der Waals surface area (Å²) in [4.78, 5) is 37.5. The van der Waals surface area contributed by atoms with Crippen molar-refractivity contribution >= 4 is 92.7 Å². The SMILES string of the molecule is Cc1ccc(-c2c3nc(c(-c4c5nc(c(-c6ccc(C)cc6)c6ccc(cc7nc(c(-c8ccc(C)cc8)c8ccc4[nH]8)C=C7)[nH]6)C=C5)c4ccc([nH]4)c(-c4ccc(C)cc4)c4nc(cc5ccc2[nH]5)C=C4)C=C3)cc1. The highest BCUT2D eigenvalue weighted by atomic mass is 14.8. The fraction of sp³-hybridized carbons (Fsp3) is 0.0588. The Labute approximate surface area is 439 Å². The molecule has 8 nitrogen and oxygen atoms in total. The standard InChI is InChI=1S/C68H50N8/c1-39-5-13-43(14-6-39)63-51-25-21-47(69-51)37-48-22-26-52(70-48)64(44-15-7-40(2)8-16-44)56-30-34-60(74-56)67(59-33-29-55(63)73-59)68-61-35-31-57(75-61)65(45-17-9-41(3)10-18-45)53-27-23-49(71-53)38-50-24-28-54(72-50)66(58-32-36-62(68)76-58)46-19-11-42(4)12-20-46/h5-38,69,71,74,76H,1-4H3. The van der Waals surface area contributed by atoms with Crippen LogP contribution in [0, 0.1) is 27.7 Å². The van der Waals surface area contributed by atoms with Gasteiger partial charge in [-0.2, -0.15) is 0 Å². The first kappa shape index (κ1) is 44.8. The molecule has 14 rings (SSSR count). The van der Waals surface area contributed by atoms with Gasteiger partial charge < -0.3 is 19.9 Å². The summed E-state index contributed by atoms with van der Waals surface area (Å²) in [5.41, 5.74) is 28.8. The summed E-state index contributed by atoms with van der Waals surface area (Å²) >= 11 is 0. The van der Waals surface area contributed by atoms with E-state index in [9.17, 15) is 0 Å². The van der Waals surface area contributed by atoms with Crippen molar-refractivity contribution in [2.75, 3.05) is 0 Å². The predicted molar refractivity (Wildman–Crippen MR) is 317 cm³/mol. The van der Waals surface area contributed by atoms with Crippen LogP contribution in [0.15, 0.2) is 158 Å². The van der Waals surface area contributed by atoms with E-state index < -0.39 is 0 Å². The largest absolute Gasteiger partial charge is 0.355 e. The predicted octanol–water partition coefficient (Wildman–Crippen LogP) is 17.2. The van der Waals surface area contributed by atoms with Gasteiger partial charge in [0.25, 0.3) is 0 Å². The second-order valence-electron chi connectivity index (χ2n) is 20.2. The van der Waals surface area contributed by atoms with Gasteiger partial charge >= 0.3 is 0 Å². The summed E-state index contributed by atoms with van der Waals surface area (Å²) < 4.78 is 0. The van der Waals surface area contributed by atoms with Gasteiger partial charge in [-0.15, -0.1) is 0 Å². The fourth-order valence-corrected chi connectivity index (χ4v) is 10.9. The Morgan fingerprint density at radius 3 is 0.816 bits per heavy atom. The minimum Gasteiger partial charge on any atom is -0.355 e. The molecule has 362 valence electrons. The molecule has 10 aromatic rings. The molecule has 4 aromatic carbocycles. The van der Waals surface area contributed by atoms with Crippen LogP contribution in [0.5, 0.6) is 0 Å². The number of hydrogen-bond acceptors (Lipinski definition) is 4. The Morgan fingerprint density at radius 1 is 0.237 bits per heavy atom. The number of H-pyrrole nitrogens is 4. The molecule has 0 atom stereocenters. The van der Waals surface area contributed by atoms with E-state index in [1.807, 2.05) is 0 Å². The highest BCUT2D eigenvalue weighted by Gasteiger charge is 2.23. The minimum atomic E-state index is 0.784. The average Bonchev–Trinajstić information content (AvgIpc) is 4.34. The highest BCUT2D eigenvalue weighted by molar-refractivity contribution is 6.05. The number of hydrogen-bond donors (Lipinski definition) is 4. The molecule has 16 bridgehead atoms. The van der Waals surface area contributed by atoms with Crippen LogP contribution in [-0.2, 0) is 0 Å². The molecule has 8 heteroatoms. The minimum absolute atomic E-state index is 0.784. The molecule has 0 amide bonds. The third-order valence-corrected chi connectivity index (χ3v) is 14.8. The van der Waals surface area contributed by atoms with Gasteiger partial charge in [-0.05, 0) is 159 Å². The van der Waals surface area contributed by atoms with Crippen LogP contribution >= 0.6 is 0 Å². The Morgan fingerprint density at radius 2 is 0.487 bits per heavy atom. The molecule has 0 spiro atoms. The number of benzene rings is 4. The van der Waals surface area contributed by atoms with Gasteiger partial charge in [0, 0.05) is 77.5 Å². The average molecular weight is 979 g/mol. The molecule has 0 unspecified atom stereocenters. The zero-order chi connectivity index (χ0) is 51.0. The van der Waals surface area contributed by atoms with E-state index in [2.05, 4.69) is 254 Å². The van der Waals surface area contributed by atoms with Gasteiger partial charge in [0.1, 0.15) is 0 Å². The second kappa shape index (κ2) is 17.9. The number of rotatable bonds is 5. The van der Waals surface area contributed by atoms with Gasteiger partial charge in [-0.1, -0.05) is 119 Å². The van der Waals surface area contributed by atoms with Crippen LogP contribution in [0.2, 0.25) is 0 Å². The number of aromatic amines is 4. The summed E-state index contributed by atoms with van der Waals surface area (Å²) in [5.74, 6) is 0. The van der Waals surface area contributed by atoms with Crippen LogP contribution in [0.3, 0.4) is 0 Å². The monoisotopic (exact) mass is 978 g/mol. The third-order valence-electron chi connectivity index (χ3n) is 14.8. The van der Waals surface area contributed by atoms with Gasteiger partial charge in [0.15, 0.2) is 0 Å². The molecule has 0 aliphatic carbocycles. The van der Waals surface area contributed by atoms with Crippen molar-refractivity contribution in [3.8, 4) is 55.6 Å². The number of nitrogens with one attached hydrogen (secondary N) is 4. The quantitative estimate of drug-likeness (QED) is 0.137. The lowest BCUT2D eigenvalue weighted by molar-refractivity contribution is 1.29. The van der Waals surface area contributed by atoms with Gasteiger partial charge in [0.05, 0.1) is 45.6 Å². The molecular formula is C68H50N8. The van der Waals surface area contributed by atoms with Crippen molar-refractivity contribution < 1.29 is 0 Å². The maximum Gasteiger partial charge on any atom is 0.0738 e. The molecular weight excluding hydrogens is 929 g/mol. The maximum absolute atomic E-state index is 5.70. The Bertz CT molecular complexity index is 4130. The van der Waals surface area contributed by atoms with E-state index in [1.54, 1.807) is 0 Å². The van der Waals surface area contributed by atoms with Gasteiger partial charge in [-0.25, -0.2) is 19.9 Å². The van der Waals surface area contributed by atoms with Crippen LogP contribution in [0.1, 0.15) is 67.8 Å². The smallest absolute Gasteiger partial charge is 0.0738 e. The first-order valence-corrected chi connectivity index (χ1v) is 25.8. The topological polar surface area (TPSA) is 115 Å². The van der Waals surface area contributed by atoms with Gasteiger partial charge in [-0.3, -0.25) is 0 Å². The normalized spacial score (nSPS) is 12.5. The first-order chi connectivity index (χ1) is 37.2. The summed E-state index contributed by atoms with van der Waals surface area (Å²) in [5, 5.41) is 0. The number of aromatic nitrogens is 8. The summed E-state index contributed by atoms with van der Waals surface area (Å²) in [6.07, 6.45) is 17.0. The number of nitrogens with zero attached hydrogens (tertiary/aromatic N) is 4. The molecule has 4 N–H and O–H groups in total. The fourth-order valence-electron chi connectivity index (χ4n) is 10.9. The van der Waals surface area contributed by atoms with E-state index >= 15 is 0 Å². The number of fused-ring (bicyclic) bond motifs is 16. The zero-order valence-corrected chi connectivity index (χ0v) is 42.4. The van der Waals surface area contributed by atoms with E-state index in [-0.39, 0.29) is 0 Å². The zero-order valence-electron chi connectivity index (χ0n) is 42.4. The van der Waals surface area contributed by atoms with Crippen LogP contribution < -0.4 is 0 Å². The molecule has 6 aromatic heterocycles. The molecule has 76 heavy (non-hydrogen) atoms. The van der Waals surface area contributed by atoms with Crippen molar-refractivity contribution in [1.82, 2.24) is 39.9 Å². The lowest BCUT2D eigenvalue weighted by Gasteiger charge is -2.08. The maximum atomic E-state index is 5.70. The summed E-state index contributed by atoms with van der Waals surface area (Å²) in [6.45, 7) is 8.48. The lowest BCUT2D eigenvalue weighted by atomic mass is 10.0. The van der Waals surface area contributed by atoms with E-state index in [0.717, 1.165) is 145 Å².